The summed E-state index contributed by atoms with van der Waals surface area (Å²) in [5, 5.41) is 31.6. The number of aliphatic hydroxyl groups is 2. The number of aliphatic hydroxyl groups excluding tert-OH is 1. The number of carboxylic acids is 1. The van der Waals surface area contributed by atoms with Crippen molar-refractivity contribution in [2.45, 2.75) is 89.0 Å². The molecule has 4 aliphatic rings. The molecule has 0 heterocycles. The lowest BCUT2D eigenvalue weighted by atomic mass is 9.44. The summed E-state index contributed by atoms with van der Waals surface area (Å²) < 4.78 is 16.9. The number of rotatable bonds is 3. The van der Waals surface area contributed by atoms with Gasteiger partial charge in [0.05, 0.1) is 11.7 Å². The first-order valence-corrected chi connectivity index (χ1v) is 10.5. The lowest BCUT2D eigenvalue weighted by molar-refractivity contribution is -0.229. The van der Waals surface area contributed by atoms with Gasteiger partial charge in [0.25, 0.3) is 0 Å². The van der Waals surface area contributed by atoms with E-state index in [0.717, 1.165) is 5.57 Å². The number of carboxylic acid groups (broad SMARTS) is 1. The molecule has 4 aliphatic carbocycles. The Balaban J connectivity index is 1.72. The van der Waals surface area contributed by atoms with Crippen molar-refractivity contribution in [1.29, 1.82) is 0 Å². The first kappa shape index (κ1) is 20.0. The van der Waals surface area contributed by atoms with E-state index in [1.165, 1.54) is 0 Å². The van der Waals surface area contributed by atoms with Crippen molar-refractivity contribution in [2.75, 3.05) is 0 Å². The molecule has 0 saturated heterocycles. The van der Waals surface area contributed by atoms with Crippen molar-refractivity contribution in [1.82, 2.24) is 0 Å². The average Bonchev–Trinajstić information content (AvgIpc) is 2.87. The highest BCUT2D eigenvalue weighted by atomic mass is 19.1. The maximum Gasteiger partial charge on any atom is 0.303 e. The van der Waals surface area contributed by atoms with E-state index in [9.17, 15) is 19.8 Å². The number of ketones is 1. The van der Waals surface area contributed by atoms with Gasteiger partial charge >= 0.3 is 5.97 Å². The topological polar surface area (TPSA) is 94.8 Å². The molecule has 0 aliphatic heterocycles. The third kappa shape index (κ3) is 2.37. The highest BCUT2D eigenvalue weighted by Crippen LogP contribution is 2.70. The second kappa shape index (κ2) is 6.11. The fourth-order valence-corrected chi connectivity index (χ4v) is 7.39. The minimum Gasteiger partial charge on any atom is -0.481 e. The highest BCUT2D eigenvalue weighted by molar-refractivity contribution is 5.91. The number of aliphatic carboxylic acids is 1. The summed E-state index contributed by atoms with van der Waals surface area (Å²) in [5.41, 5.74) is -3.75. The summed E-state index contributed by atoms with van der Waals surface area (Å²) in [6.45, 7) is 3.77. The zero-order valence-corrected chi connectivity index (χ0v) is 16.7. The van der Waals surface area contributed by atoms with Crippen molar-refractivity contribution in [3.63, 3.8) is 0 Å². The van der Waals surface area contributed by atoms with Gasteiger partial charge < -0.3 is 15.3 Å². The van der Waals surface area contributed by atoms with E-state index in [-0.39, 0.29) is 31.0 Å². The fourth-order valence-electron chi connectivity index (χ4n) is 7.39. The van der Waals surface area contributed by atoms with Crippen molar-refractivity contribution >= 4 is 11.8 Å². The van der Waals surface area contributed by atoms with Crippen LogP contribution < -0.4 is 0 Å². The van der Waals surface area contributed by atoms with Gasteiger partial charge in [-0.3, -0.25) is 9.59 Å². The van der Waals surface area contributed by atoms with Crippen molar-refractivity contribution in [2.24, 2.45) is 22.7 Å². The van der Waals surface area contributed by atoms with Crippen molar-refractivity contribution in [3.8, 4) is 0 Å². The van der Waals surface area contributed by atoms with Crippen LogP contribution in [0.25, 0.3) is 0 Å². The number of carbonyl (C=O) groups excluding carboxylic acids is 1. The molecule has 156 valence electrons. The van der Waals surface area contributed by atoms with Crippen LogP contribution in [0.3, 0.4) is 0 Å². The largest absolute Gasteiger partial charge is 0.481 e. The molecule has 3 N–H and O–H groups in total. The number of carbonyl (C=O) groups is 2. The Labute approximate surface area is 165 Å². The summed E-state index contributed by atoms with van der Waals surface area (Å²) in [5.74, 6) is -1.41. The molecule has 7 atom stereocenters. The van der Waals surface area contributed by atoms with Crippen molar-refractivity contribution < 1.29 is 29.3 Å². The normalized spacial score (nSPS) is 50.4. The van der Waals surface area contributed by atoms with Crippen LogP contribution in [0.4, 0.5) is 4.39 Å². The number of hydrogen-bond acceptors (Lipinski definition) is 4. The van der Waals surface area contributed by atoms with Crippen LogP contribution in [-0.2, 0) is 9.59 Å². The maximum atomic E-state index is 16.9. The van der Waals surface area contributed by atoms with E-state index >= 15 is 4.39 Å². The van der Waals surface area contributed by atoms with Crippen LogP contribution in [0, 0.1) is 22.7 Å². The Kier molecular flexibility index (Phi) is 4.37. The summed E-state index contributed by atoms with van der Waals surface area (Å²) >= 11 is 0. The number of allylic oxidation sites excluding steroid dienone is 1. The molecule has 1 unspecified atom stereocenters. The smallest absolute Gasteiger partial charge is 0.303 e. The van der Waals surface area contributed by atoms with E-state index in [2.05, 4.69) is 0 Å². The molecule has 28 heavy (non-hydrogen) atoms. The van der Waals surface area contributed by atoms with Crippen molar-refractivity contribution in [3.05, 3.63) is 11.6 Å². The van der Waals surface area contributed by atoms with E-state index in [4.69, 9.17) is 5.11 Å². The highest BCUT2D eigenvalue weighted by Gasteiger charge is 2.73. The molecule has 4 rings (SSSR count). The molecular weight excluding hydrogens is 363 g/mol. The molecule has 0 radical (unpaired) electrons. The molecule has 0 spiro atoms. The Hall–Kier alpha value is -1.27. The number of alkyl halides is 1. The molecule has 5 nitrogen and oxygen atoms in total. The first-order valence-electron chi connectivity index (χ1n) is 10.5. The number of fused-ring (bicyclic) bond motifs is 5. The molecule has 6 heteroatoms. The summed E-state index contributed by atoms with van der Waals surface area (Å²) in [7, 11) is 0. The van der Waals surface area contributed by atoms with Gasteiger partial charge in [0, 0.05) is 29.6 Å². The lowest BCUT2D eigenvalue weighted by Gasteiger charge is -2.63. The van der Waals surface area contributed by atoms with Crippen LogP contribution in [0.1, 0.15) is 71.6 Å². The molecule has 0 aromatic carbocycles. The predicted molar refractivity (Wildman–Crippen MR) is 100 cm³/mol. The standard InChI is InChI=1S/C22H31FO5/c1-19-8-5-14(24)11-13(19)3-4-16-15-6-9-21(28,10-7-18(26)27)20(15,2)12-17(25)22(16,19)23/h11,15-17,25,28H,3-10,12H2,1-2H3,(H,26,27)/t15-,16-,17?,19-,20-,21-,22-/m0/s1. The summed E-state index contributed by atoms with van der Waals surface area (Å²) in [4.78, 5) is 23.0. The third-order valence-corrected chi connectivity index (χ3v) is 9.12. The van der Waals surface area contributed by atoms with E-state index in [1.54, 1.807) is 6.08 Å². The minimum absolute atomic E-state index is 0.0357. The van der Waals surface area contributed by atoms with Gasteiger partial charge in [0.15, 0.2) is 5.78 Å². The molecule has 0 amide bonds. The van der Waals surface area contributed by atoms with Gasteiger partial charge in [-0.2, -0.15) is 0 Å². The van der Waals surface area contributed by atoms with E-state index in [0.29, 0.717) is 38.5 Å². The summed E-state index contributed by atoms with van der Waals surface area (Å²) in [6, 6.07) is 0. The number of hydrogen-bond donors (Lipinski definition) is 3. The molecule has 0 aromatic heterocycles. The van der Waals surface area contributed by atoms with Gasteiger partial charge in [-0.05, 0) is 56.9 Å². The quantitative estimate of drug-likeness (QED) is 0.683. The monoisotopic (exact) mass is 394 g/mol. The Morgan fingerprint density at radius 1 is 1.21 bits per heavy atom. The second-order valence-electron chi connectivity index (χ2n) is 10.1. The predicted octanol–water partition coefficient (Wildman–Crippen LogP) is 3.18. The van der Waals surface area contributed by atoms with Gasteiger partial charge in [0.1, 0.15) is 5.67 Å². The van der Waals surface area contributed by atoms with Crippen LogP contribution in [-0.4, -0.2) is 44.4 Å². The zero-order valence-electron chi connectivity index (χ0n) is 16.7. The van der Waals surface area contributed by atoms with E-state index in [1.807, 2.05) is 13.8 Å². The van der Waals surface area contributed by atoms with Crippen LogP contribution >= 0.6 is 0 Å². The first-order chi connectivity index (χ1) is 13.0. The van der Waals surface area contributed by atoms with Gasteiger partial charge in [-0.25, -0.2) is 4.39 Å². The van der Waals surface area contributed by atoms with Gasteiger partial charge in [-0.15, -0.1) is 0 Å². The Morgan fingerprint density at radius 3 is 2.61 bits per heavy atom. The van der Waals surface area contributed by atoms with Gasteiger partial charge in [0.2, 0.25) is 0 Å². The molecule has 0 bridgehead atoms. The molecule has 3 saturated carbocycles. The van der Waals surface area contributed by atoms with Crippen LogP contribution in [0.15, 0.2) is 11.6 Å². The molecular formula is C22H31FO5. The van der Waals surface area contributed by atoms with Gasteiger partial charge in [-0.1, -0.05) is 19.4 Å². The molecule has 0 aromatic rings. The van der Waals surface area contributed by atoms with Crippen LogP contribution in [0.2, 0.25) is 0 Å². The minimum atomic E-state index is -1.82. The van der Waals surface area contributed by atoms with Crippen LogP contribution in [0.5, 0.6) is 0 Å². The Morgan fingerprint density at radius 2 is 1.93 bits per heavy atom. The molecule has 3 fully saturated rings. The van der Waals surface area contributed by atoms with E-state index < -0.39 is 40.1 Å². The zero-order chi connectivity index (χ0) is 20.5. The number of halogens is 1. The third-order valence-electron chi connectivity index (χ3n) is 9.12. The second-order valence-corrected chi connectivity index (χ2v) is 10.1. The lowest BCUT2D eigenvalue weighted by Crippen LogP contribution is -2.68. The average molecular weight is 394 g/mol. The maximum absolute atomic E-state index is 16.9. The Bertz CT molecular complexity index is 749. The fraction of sp³-hybridized carbons (Fsp3) is 0.818. The summed E-state index contributed by atoms with van der Waals surface area (Å²) in [6.07, 6.45) is 3.47. The SMILES string of the molecule is C[C@]12CCC(=O)C=C1CC[C@H]1[C@@H]3CC[C@](O)(CCC(=O)O)[C@@]3(C)CC(O)[C@@]12F.